The van der Waals surface area contributed by atoms with Gasteiger partial charge in [-0.1, -0.05) is 27.2 Å². The van der Waals surface area contributed by atoms with Crippen LogP contribution in [0.1, 0.15) is 40.0 Å². The second-order valence-corrected chi connectivity index (χ2v) is 5.36. The van der Waals surface area contributed by atoms with Crippen LogP contribution in [0.3, 0.4) is 0 Å². The van der Waals surface area contributed by atoms with Crippen molar-refractivity contribution in [2.75, 3.05) is 6.61 Å². The van der Waals surface area contributed by atoms with Gasteiger partial charge in [-0.05, 0) is 18.3 Å². The summed E-state index contributed by atoms with van der Waals surface area (Å²) in [6.07, 6.45) is 2.57. The lowest BCUT2D eigenvalue weighted by Crippen LogP contribution is -2.07. The summed E-state index contributed by atoms with van der Waals surface area (Å²) in [5.74, 6) is 0. The molecule has 0 saturated heterocycles. The van der Waals surface area contributed by atoms with Crippen LogP contribution in [0.4, 0.5) is 0 Å². The molecule has 6 heteroatoms. The van der Waals surface area contributed by atoms with Crippen molar-refractivity contribution in [1.82, 2.24) is 6.15 Å². The van der Waals surface area contributed by atoms with E-state index in [0.29, 0.717) is 6.42 Å². The standard InChI is InChI=1S/C8H18O4S.H3N/c1-8(2,3)6-4-5-7-12-13(9,10)11;/h4-7H2,1-3H3,(H,9,10,11);1H3. The van der Waals surface area contributed by atoms with Crippen molar-refractivity contribution in [1.29, 1.82) is 0 Å². The topological polar surface area (TPSA) is 98.6 Å². The van der Waals surface area contributed by atoms with Gasteiger partial charge in [0.05, 0.1) is 6.61 Å². The van der Waals surface area contributed by atoms with Crippen molar-refractivity contribution < 1.29 is 17.2 Å². The summed E-state index contributed by atoms with van der Waals surface area (Å²) < 4.78 is 32.6. The molecule has 0 aliphatic heterocycles. The van der Waals surface area contributed by atoms with Crippen LogP contribution in [0.15, 0.2) is 0 Å². The van der Waals surface area contributed by atoms with Gasteiger partial charge in [-0.25, -0.2) is 4.18 Å². The fourth-order valence-electron chi connectivity index (χ4n) is 0.922. The zero-order valence-corrected chi connectivity index (χ0v) is 9.93. The Balaban J connectivity index is 0. The van der Waals surface area contributed by atoms with Crippen LogP contribution in [-0.2, 0) is 14.6 Å². The maximum Gasteiger partial charge on any atom is 0.397 e. The molecule has 14 heavy (non-hydrogen) atoms. The highest BCUT2D eigenvalue weighted by atomic mass is 32.3. The Kier molecular flexibility index (Phi) is 7.37. The SMILES string of the molecule is CC(C)(C)CCCCOS(=O)(=O)O.N. The Morgan fingerprint density at radius 2 is 1.71 bits per heavy atom. The van der Waals surface area contributed by atoms with E-state index >= 15 is 0 Å². The van der Waals surface area contributed by atoms with E-state index in [0.717, 1.165) is 12.8 Å². The van der Waals surface area contributed by atoms with Crippen LogP contribution in [0.5, 0.6) is 0 Å². The molecule has 4 N–H and O–H groups in total. The Hall–Kier alpha value is -0.170. The van der Waals surface area contributed by atoms with Gasteiger partial charge >= 0.3 is 10.4 Å². The van der Waals surface area contributed by atoms with Gasteiger partial charge in [0.1, 0.15) is 0 Å². The first-order valence-corrected chi connectivity index (χ1v) is 5.69. The first-order chi connectivity index (χ1) is 5.71. The average Bonchev–Trinajstić information content (AvgIpc) is 1.81. The van der Waals surface area contributed by atoms with Crippen LogP contribution in [0, 0.1) is 5.41 Å². The maximum absolute atomic E-state index is 10.1. The van der Waals surface area contributed by atoms with Crippen molar-refractivity contribution in [2.24, 2.45) is 5.41 Å². The van der Waals surface area contributed by atoms with Crippen molar-refractivity contribution in [3.8, 4) is 0 Å². The van der Waals surface area contributed by atoms with E-state index in [1.165, 1.54) is 0 Å². The second-order valence-electron chi connectivity index (χ2n) is 4.27. The lowest BCUT2D eigenvalue weighted by atomic mass is 9.90. The quantitative estimate of drug-likeness (QED) is 0.554. The van der Waals surface area contributed by atoms with Gasteiger partial charge in [-0.3, -0.25) is 4.55 Å². The summed E-state index contributed by atoms with van der Waals surface area (Å²) in [5, 5.41) is 0. The van der Waals surface area contributed by atoms with E-state index < -0.39 is 10.4 Å². The minimum absolute atomic E-state index is 0. The summed E-state index contributed by atoms with van der Waals surface area (Å²) in [6.45, 7) is 6.43. The fourth-order valence-corrected chi connectivity index (χ4v) is 1.25. The van der Waals surface area contributed by atoms with Crippen LogP contribution >= 0.6 is 0 Å². The normalized spacial score (nSPS) is 12.3. The third kappa shape index (κ3) is 14.4. The van der Waals surface area contributed by atoms with Gasteiger partial charge in [0.15, 0.2) is 0 Å². The third-order valence-corrected chi connectivity index (χ3v) is 2.02. The van der Waals surface area contributed by atoms with Crippen molar-refractivity contribution >= 4 is 10.4 Å². The van der Waals surface area contributed by atoms with Crippen LogP contribution in [0.2, 0.25) is 0 Å². The van der Waals surface area contributed by atoms with Gasteiger partial charge in [0.25, 0.3) is 0 Å². The first kappa shape index (κ1) is 16.3. The molecule has 0 aliphatic rings. The Morgan fingerprint density at radius 1 is 1.21 bits per heavy atom. The summed E-state index contributed by atoms with van der Waals surface area (Å²) >= 11 is 0. The predicted molar refractivity (Wildman–Crippen MR) is 55.8 cm³/mol. The second kappa shape index (κ2) is 6.34. The lowest BCUT2D eigenvalue weighted by molar-refractivity contribution is 0.253. The minimum atomic E-state index is -4.24. The molecular formula is C8H21NO4S. The van der Waals surface area contributed by atoms with E-state index in [2.05, 4.69) is 25.0 Å². The molecule has 0 aromatic rings. The average molecular weight is 227 g/mol. The molecule has 0 aromatic carbocycles. The molecule has 0 amide bonds. The van der Waals surface area contributed by atoms with Crippen molar-refractivity contribution in [2.45, 2.75) is 40.0 Å². The smallest absolute Gasteiger partial charge is 0.344 e. The zero-order chi connectivity index (χ0) is 10.5. The highest BCUT2D eigenvalue weighted by Crippen LogP contribution is 2.21. The number of rotatable bonds is 5. The predicted octanol–water partition coefficient (Wildman–Crippen LogP) is 2.18. The molecule has 0 radical (unpaired) electrons. The van der Waals surface area contributed by atoms with Gasteiger partial charge in [-0.2, -0.15) is 8.42 Å². The summed E-state index contributed by atoms with van der Waals surface area (Å²) in [7, 11) is -4.24. The number of unbranched alkanes of at least 4 members (excludes halogenated alkanes) is 1. The number of hydrogen-bond acceptors (Lipinski definition) is 4. The van der Waals surface area contributed by atoms with Crippen LogP contribution in [-0.4, -0.2) is 19.6 Å². The third-order valence-electron chi connectivity index (χ3n) is 1.55. The van der Waals surface area contributed by atoms with Gasteiger partial charge < -0.3 is 6.15 Å². The Morgan fingerprint density at radius 3 is 2.07 bits per heavy atom. The molecule has 0 aliphatic carbocycles. The monoisotopic (exact) mass is 227 g/mol. The van der Waals surface area contributed by atoms with Gasteiger partial charge in [0, 0.05) is 0 Å². The molecule has 0 atom stereocenters. The molecule has 0 spiro atoms. The first-order valence-electron chi connectivity index (χ1n) is 4.32. The van der Waals surface area contributed by atoms with Crippen LogP contribution < -0.4 is 6.15 Å². The molecule has 0 heterocycles. The van der Waals surface area contributed by atoms with E-state index in [9.17, 15) is 8.42 Å². The summed E-state index contributed by atoms with van der Waals surface area (Å²) in [5.41, 5.74) is 0.262. The van der Waals surface area contributed by atoms with Gasteiger partial charge in [0.2, 0.25) is 0 Å². The van der Waals surface area contributed by atoms with Gasteiger partial charge in [-0.15, -0.1) is 0 Å². The summed E-state index contributed by atoms with van der Waals surface area (Å²) in [6, 6.07) is 0. The molecule has 0 rings (SSSR count). The van der Waals surface area contributed by atoms with E-state index in [1.807, 2.05) is 0 Å². The highest BCUT2D eigenvalue weighted by Gasteiger charge is 2.09. The number of hydrogen-bond donors (Lipinski definition) is 2. The Bertz CT molecular complexity index is 230. The fraction of sp³-hybridized carbons (Fsp3) is 1.00. The molecule has 0 unspecified atom stereocenters. The molecule has 0 aromatic heterocycles. The molecule has 0 fully saturated rings. The molecule has 5 nitrogen and oxygen atoms in total. The lowest BCUT2D eigenvalue weighted by Gasteiger charge is -2.17. The van der Waals surface area contributed by atoms with Crippen molar-refractivity contribution in [3.63, 3.8) is 0 Å². The molecule has 0 bridgehead atoms. The van der Waals surface area contributed by atoms with E-state index in [-0.39, 0.29) is 18.2 Å². The van der Waals surface area contributed by atoms with Crippen molar-refractivity contribution in [3.05, 3.63) is 0 Å². The van der Waals surface area contributed by atoms with E-state index in [1.54, 1.807) is 0 Å². The minimum Gasteiger partial charge on any atom is -0.344 e. The molecule has 88 valence electrons. The maximum atomic E-state index is 10.1. The largest absolute Gasteiger partial charge is 0.397 e. The zero-order valence-electron chi connectivity index (χ0n) is 9.12. The highest BCUT2D eigenvalue weighted by molar-refractivity contribution is 7.80. The molecule has 0 saturated carbocycles. The van der Waals surface area contributed by atoms with E-state index in [4.69, 9.17) is 4.55 Å². The van der Waals surface area contributed by atoms with Crippen LogP contribution in [0.25, 0.3) is 0 Å². The Labute approximate surface area is 86.4 Å². The molecular weight excluding hydrogens is 206 g/mol. The summed E-state index contributed by atoms with van der Waals surface area (Å²) in [4.78, 5) is 0.